The van der Waals surface area contributed by atoms with E-state index < -0.39 is 0 Å². The van der Waals surface area contributed by atoms with E-state index >= 15 is 0 Å². The first-order valence-electron chi connectivity index (χ1n) is 12.7. The molecule has 0 saturated carbocycles. The minimum atomic E-state index is -0.109. The van der Waals surface area contributed by atoms with Gasteiger partial charge in [-0.3, -0.25) is 0 Å². The molecule has 4 aromatic carbocycles. The molecule has 0 bridgehead atoms. The van der Waals surface area contributed by atoms with Gasteiger partial charge in [-0.2, -0.15) is 0 Å². The predicted octanol–water partition coefficient (Wildman–Crippen LogP) is 5.75. The zero-order valence-electron chi connectivity index (χ0n) is 21.0. The summed E-state index contributed by atoms with van der Waals surface area (Å²) in [7, 11) is 0. The number of carbonyl (C=O) groups is 1. The van der Waals surface area contributed by atoms with Gasteiger partial charge in [-0.05, 0) is 52.9 Å². The molecule has 0 spiro atoms. The van der Waals surface area contributed by atoms with E-state index in [0.717, 1.165) is 36.0 Å². The lowest BCUT2D eigenvalue weighted by Crippen LogP contribution is -2.41. The van der Waals surface area contributed by atoms with Gasteiger partial charge in [0, 0.05) is 26.2 Å². The number of amides is 2. The molecular weight excluding hydrogens is 444 g/mol. The Hall–Kier alpha value is -3.67. The lowest BCUT2D eigenvalue weighted by atomic mass is 10.00. The van der Waals surface area contributed by atoms with Gasteiger partial charge in [0.2, 0.25) is 0 Å². The molecule has 1 atom stereocenters. The third-order valence-corrected chi connectivity index (χ3v) is 6.45. The minimum Gasteiger partial charge on any atom is -0.331 e. The number of fused-ring (bicyclic) bond motifs is 1. The van der Waals surface area contributed by atoms with E-state index in [1.807, 2.05) is 36.1 Å². The first kappa shape index (κ1) is 25.4. The van der Waals surface area contributed by atoms with Crippen LogP contribution in [-0.2, 0) is 19.6 Å². The maximum Gasteiger partial charge on any atom is 0.318 e. The van der Waals surface area contributed by atoms with E-state index in [9.17, 15) is 4.79 Å². The number of hydrogen-bond donors (Lipinski definition) is 3. The third kappa shape index (κ3) is 6.94. The Morgan fingerprint density at radius 2 is 1.44 bits per heavy atom. The average molecular weight is 481 g/mol. The fourth-order valence-corrected chi connectivity index (χ4v) is 4.45. The van der Waals surface area contributed by atoms with Crippen LogP contribution in [0.1, 0.15) is 41.6 Å². The Kier molecular flexibility index (Phi) is 9.09. The Morgan fingerprint density at radius 1 is 0.806 bits per heavy atom. The van der Waals surface area contributed by atoms with Crippen molar-refractivity contribution in [2.45, 2.75) is 39.0 Å². The van der Waals surface area contributed by atoms with E-state index in [0.29, 0.717) is 19.6 Å². The number of nitrogens with one attached hydrogen (secondary N) is 2. The van der Waals surface area contributed by atoms with Gasteiger partial charge in [-0.25, -0.2) is 4.79 Å². The van der Waals surface area contributed by atoms with Crippen molar-refractivity contribution < 1.29 is 4.79 Å². The lowest BCUT2D eigenvalue weighted by Gasteiger charge is -2.26. The monoisotopic (exact) mass is 480 g/mol. The van der Waals surface area contributed by atoms with Crippen molar-refractivity contribution in [2.75, 3.05) is 13.1 Å². The normalized spacial score (nSPS) is 11.8. The summed E-state index contributed by atoms with van der Waals surface area (Å²) >= 11 is 0. The molecule has 4 rings (SSSR count). The fraction of sp³-hybridized carbons (Fsp3) is 0.258. The van der Waals surface area contributed by atoms with Crippen molar-refractivity contribution in [2.24, 2.45) is 5.73 Å². The van der Waals surface area contributed by atoms with E-state index in [1.165, 1.54) is 16.5 Å². The molecular formula is C31H36N4O. The largest absolute Gasteiger partial charge is 0.331 e. The SMILES string of the molecule is C[C@H](NC(=O)N(CCCN)Cc1ccc(CNCc2ccccc2)cc1)c1cccc2ccccc12. The summed E-state index contributed by atoms with van der Waals surface area (Å²) in [4.78, 5) is 15.1. The molecule has 0 aliphatic carbocycles. The second-order valence-electron chi connectivity index (χ2n) is 9.21. The van der Waals surface area contributed by atoms with Crippen molar-refractivity contribution in [1.29, 1.82) is 0 Å². The standard InChI is InChI=1S/C31H36N4O/c1-24(29-14-7-12-28-11-5-6-13-30(28)29)34-31(36)35(20-8-19-32)23-27-17-15-26(16-18-27)22-33-21-25-9-3-2-4-10-25/h2-7,9-18,24,33H,8,19-23,32H2,1H3,(H,34,36)/t24-/m0/s1. The molecule has 0 aliphatic rings. The first-order chi connectivity index (χ1) is 17.6. The number of nitrogens with two attached hydrogens (primary N) is 1. The molecule has 0 unspecified atom stereocenters. The summed E-state index contributed by atoms with van der Waals surface area (Å²) in [6.45, 7) is 5.39. The molecule has 0 heterocycles. The lowest BCUT2D eigenvalue weighted by molar-refractivity contribution is 0.191. The Labute approximate surface area is 214 Å². The molecule has 5 nitrogen and oxygen atoms in total. The van der Waals surface area contributed by atoms with Gasteiger partial charge in [0.1, 0.15) is 0 Å². The number of urea groups is 1. The second-order valence-corrected chi connectivity index (χ2v) is 9.21. The molecule has 4 N–H and O–H groups in total. The average Bonchev–Trinajstić information content (AvgIpc) is 2.92. The third-order valence-electron chi connectivity index (χ3n) is 6.45. The smallest absolute Gasteiger partial charge is 0.318 e. The summed E-state index contributed by atoms with van der Waals surface area (Å²) in [6.07, 6.45) is 0.761. The number of nitrogens with zero attached hydrogens (tertiary/aromatic N) is 1. The molecule has 0 aromatic heterocycles. The van der Waals surface area contributed by atoms with Crippen LogP contribution in [0.4, 0.5) is 4.79 Å². The van der Waals surface area contributed by atoms with Crippen molar-refractivity contribution in [3.63, 3.8) is 0 Å². The molecule has 0 saturated heterocycles. The van der Waals surface area contributed by atoms with Crippen LogP contribution in [-0.4, -0.2) is 24.0 Å². The summed E-state index contributed by atoms with van der Waals surface area (Å²) in [6, 6.07) is 33.2. The highest BCUT2D eigenvalue weighted by Crippen LogP contribution is 2.24. The maximum absolute atomic E-state index is 13.3. The van der Waals surface area contributed by atoms with Gasteiger partial charge in [0.15, 0.2) is 0 Å². The molecule has 5 heteroatoms. The molecule has 186 valence electrons. The van der Waals surface area contributed by atoms with Crippen LogP contribution in [0.25, 0.3) is 10.8 Å². The number of rotatable bonds is 11. The van der Waals surface area contributed by atoms with Crippen molar-refractivity contribution >= 4 is 16.8 Å². The summed E-state index contributed by atoms with van der Waals surface area (Å²) in [5.41, 5.74) is 10.5. The Bertz CT molecular complexity index is 1240. The van der Waals surface area contributed by atoms with E-state index in [4.69, 9.17) is 5.73 Å². The summed E-state index contributed by atoms with van der Waals surface area (Å²) < 4.78 is 0. The van der Waals surface area contributed by atoms with Gasteiger partial charge in [0.25, 0.3) is 0 Å². The van der Waals surface area contributed by atoms with Crippen LogP contribution in [0.3, 0.4) is 0 Å². The quantitative estimate of drug-likeness (QED) is 0.256. The zero-order chi connectivity index (χ0) is 25.2. The molecule has 4 aromatic rings. The Balaban J connectivity index is 1.36. The van der Waals surface area contributed by atoms with Gasteiger partial charge in [-0.1, -0.05) is 97.1 Å². The fourth-order valence-electron chi connectivity index (χ4n) is 4.45. The van der Waals surface area contributed by atoms with Gasteiger partial charge in [0.05, 0.1) is 6.04 Å². The van der Waals surface area contributed by atoms with E-state index in [1.54, 1.807) is 0 Å². The van der Waals surface area contributed by atoms with Crippen LogP contribution in [0, 0.1) is 0 Å². The van der Waals surface area contributed by atoms with Gasteiger partial charge in [-0.15, -0.1) is 0 Å². The second kappa shape index (κ2) is 12.9. The van der Waals surface area contributed by atoms with Crippen molar-refractivity contribution in [1.82, 2.24) is 15.5 Å². The summed E-state index contributed by atoms with van der Waals surface area (Å²) in [5, 5.41) is 9.03. The molecule has 2 amide bonds. The number of carbonyl (C=O) groups excluding carboxylic acids is 1. The number of benzene rings is 4. The molecule has 0 radical (unpaired) electrons. The van der Waals surface area contributed by atoms with Crippen LogP contribution in [0.5, 0.6) is 0 Å². The van der Waals surface area contributed by atoms with Gasteiger partial charge < -0.3 is 21.3 Å². The van der Waals surface area contributed by atoms with Gasteiger partial charge >= 0.3 is 6.03 Å². The van der Waals surface area contributed by atoms with Crippen LogP contribution >= 0.6 is 0 Å². The minimum absolute atomic E-state index is 0.0718. The predicted molar refractivity (Wildman–Crippen MR) is 148 cm³/mol. The zero-order valence-corrected chi connectivity index (χ0v) is 21.0. The highest BCUT2D eigenvalue weighted by molar-refractivity contribution is 5.86. The molecule has 0 fully saturated rings. The molecule has 36 heavy (non-hydrogen) atoms. The van der Waals surface area contributed by atoms with Crippen molar-refractivity contribution in [3.8, 4) is 0 Å². The first-order valence-corrected chi connectivity index (χ1v) is 12.7. The molecule has 0 aliphatic heterocycles. The summed E-state index contributed by atoms with van der Waals surface area (Å²) in [5.74, 6) is 0. The van der Waals surface area contributed by atoms with Crippen LogP contribution < -0.4 is 16.4 Å². The topological polar surface area (TPSA) is 70.4 Å². The highest BCUT2D eigenvalue weighted by atomic mass is 16.2. The maximum atomic E-state index is 13.3. The number of hydrogen-bond acceptors (Lipinski definition) is 3. The van der Waals surface area contributed by atoms with E-state index in [2.05, 4.69) is 83.4 Å². The van der Waals surface area contributed by atoms with Crippen LogP contribution in [0.2, 0.25) is 0 Å². The van der Waals surface area contributed by atoms with E-state index in [-0.39, 0.29) is 12.1 Å². The highest BCUT2D eigenvalue weighted by Gasteiger charge is 2.18. The van der Waals surface area contributed by atoms with Crippen molar-refractivity contribution in [3.05, 3.63) is 119 Å². The Morgan fingerprint density at radius 3 is 2.19 bits per heavy atom. The van der Waals surface area contributed by atoms with Crippen LogP contribution in [0.15, 0.2) is 97.1 Å².